The molecule has 0 atom stereocenters. The van der Waals surface area contributed by atoms with Crippen LogP contribution in [0.25, 0.3) is 0 Å². The Labute approximate surface area is 128 Å². The van der Waals surface area contributed by atoms with Gasteiger partial charge in [0.2, 0.25) is 5.91 Å². The Morgan fingerprint density at radius 2 is 2.10 bits per heavy atom. The average Bonchev–Trinajstić information content (AvgIpc) is 2.87. The maximum Gasteiger partial charge on any atom is 0.321 e. The lowest BCUT2D eigenvalue weighted by atomic mass is 10.3. The van der Waals surface area contributed by atoms with Gasteiger partial charge < -0.3 is 15.6 Å². The number of nitrogens with one attached hydrogen (secondary N) is 2. The third-order valence-electron chi connectivity index (χ3n) is 2.69. The maximum atomic E-state index is 11.7. The Morgan fingerprint density at radius 1 is 1.33 bits per heavy atom. The molecule has 0 saturated carbocycles. The van der Waals surface area contributed by atoms with Crippen molar-refractivity contribution in [2.75, 3.05) is 12.3 Å². The molecular weight excluding hydrogens is 292 g/mol. The number of hydrogen-bond acceptors (Lipinski definition) is 6. The minimum absolute atomic E-state index is 0.101. The normalized spacial score (nSPS) is 10.4. The van der Waals surface area contributed by atoms with Gasteiger partial charge in [0.25, 0.3) is 0 Å². The summed E-state index contributed by atoms with van der Waals surface area (Å²) < 4.78 is 1.85. The number of amides is 3. The molecular formula is C12H22N6O2S. The predicted octanol–water partition coefficient (Wildman–Crippen LogP) is 0.475. The summed E-state index contributed by atoms with van der Waals surface area (Å²) in [5.41, 5.74) is 5.55. The summed E-state index contributed by atoms with van der Waals surface area (Å²) in [6, 6.07) is -0.464. The van der Waals surface area contributed by atoms with E-state index in [-0.39, 0.29) is 11.7 Å². The van der Waals surface area contributed by atoms with Gasteiger partial charge in [0.1, 0.15) is 5.82 Å². The van der Waals surface area contributed by atoms with Crippen LogP contribution in [0.15, 0.2) is 5.16 Å². The van der Waals surface area contributed by atoms with Gasteiger partial charge in [-0.3, -0.25) is 10.1 Å². The Morgan fingerprint density at radius 3 is 2.71 bits per heavy atom. The molecule has 0 aliphatic rings. The van der Waals surface area contributed by atoms with Gasteiger partial charge in [0.05, 0.1) is 12.3 Å². The molecule has 0 radical (unpaired) electrons. The highest BCUT2D eigenvalue weighted by atomic mass is 32.2. The first-order valence-corrected chi connectivity index (χ1v) is 7.93. The van der Waals surface area contributed by atoms with E-state index in [0.29, 0.717) is 30.6 Å². The first-order valence-electron chi connectivity index (χ1n) is 6.94. The number of nitrogens with zero attached hydrogens (tertiary/aromatic N) is 3. The molecule has 1 aromatic heterocycles. The number of imide groups is 1. The molecule has 0 unspecified atom stereocenters. The van der Waals surface area contributed by atoms with E-state index in [4.69, 9.17) is 5.73 Å². The zero-order chi connectivity index (χ0) is 15.7. The van der Waals surface area contributed by atoms with Gasteiger partial charge in [-0.25, -0.2) is 4.79 Å². The molecule has 21 heavy (non-hydrogen) atoms. The number of aromatic nitrogens is 3. The third kappa shape index (κ3) is 5.72. The minimum atomic E-state index is -0.464. The van der Waals surface area contributed by atoms with Crippen molar-refractivity contribution in [3.63, 3.8) is 0 Å². The molecule has 0 aliphatic carbocycles. The Bertz CT molecular complexity index is 476. The van der Waals surface area contributed by atoms with Crippen LogP contribution in [0.1, 0.15) is 32.5 Å². The van der Waals surface area contributed by atoms with E-state index >= 15 is 0 Å². The van der Waals surface area contributed by atoms with E-state index in [0.717, 1.165) is 12.8 Å². The highest BCUT2D eigenvalue weighted by molar-refractivity contribution is 7.99. The molecule has 0 fully saturated rings. The van der Waals surface area contributed by atoms with Crippen molar-refractivity contribution >= 4 is 23.7 Å². The number of carbonyl (C=O) groups excluding carboxylic acids is 2. The molecule has 1 heterocycles. The average molecular weight is 314 g/mol. The van der Waals surface area contributed by atoms with Crippen LogP contribution in [0.4, 0.5) is 4.79 Å². The molecule has 1 aromatic rings. The summed E-state index contributed by atoms with van der Waals surface area (Å²) in [4.78, 5) is 23.1. The second-order valence-electron chi connectivity index (χ2n) is 4.29. The molecule has 0 aliphatic heterocycles. The number of carbonyl (C=O) groups is 2. The second kappa shape index (κ2) is 9.35. The van der Waals surface area contributed by atoms with Crippen LogP contribution in [-0.2, 0) is 17.9 Å². The second-order valence-corrected chi connectivity index (χ2v) is 5.24. The molecule has 118 valence electrons. The van der Waals surface area contributed by atoms with Crippen molar-refractivity contribution in [2.45, 2.75) is 44.9 Å². The zero-order valence-electron chi connectivity index (χ0n) is 12.4. The van der Waals surface area contributed by atoms with E-state index in [1.165, 1.54) is 11.8 Å². The molecule has 3 amide bonds. The number of hydrogen-bond donors (Lipinski definition) is 3. The Kier molecular flexibility index (Phi) is 7.76. The van der Waals surface area contributed by atoms with Crippen molar-refractivity contribution in [3.8, 4) is 0 Å². The standard InChI is InChI=1S/C12H22N6O2S/c1-3-5-6-14-11(20)15-10(19)8-21-12-17-16-9(7-13)18(12)4-2/h3-8,13H2,1-2H3,(H2,14,15,19,20). The first kappa shape index (κ1) is 17.4. The fraction of sp³-hybridized carbons (Fsp3) is 0.667. The third-order valence-corrected chi connectivity index (χ3v) is 3.66. The lowest BCUT2D eigenvalue weighted by Crippen LogP contribution is -2.40. The van der Waals surface area contributed by atoms with Crippen LogP contribution in [0.5, 0.6) is 0 Å². The van der Waals surface area contributed by atoms with Crippen LogP contribution >= 0.6 is 11.8 Å². The zero-order valence-corrected chi connectivity index (χ0v) is 13.2. The van der Waals surface area contributed by atoms with Crippen molar-refractivity contribution in [3.05, 3.63) is 5.82 Å². The van der Waals surface area contributed by atoms with Crippen molar-refractivity contribution in [1.29, 1.82) is 0 Å². The van der Waals surface area contributed by atoms with E-state index in [1.807, 2.05) is 18.4 Å². The van der Waals surface area contributed by atoms with Crippen molar-refractivity contribution in [2.24, 2.45) is 5.73 Å². The SMILES string of the molecule is CCCCNC(=O)NC(=O)CSc1nnc(CN)n1CC. The Balaban J connectivity index is 2.39. The monoisotopic (exact) mass is 314 g/mol. The van der Waals surface area contributed by atoms with Gasteiger partial charge in [-0.1, -0.05) is 25.1 Å². The fourth-order valence-corrected chi connectivity index (χ4v) is 2.43. The number of unbranched alkanes of at least 4 members (excludes halogenated alkanes) is 1. The van der Waals surface area contributed by atoms with Crippen LogP contribution in [0, 0.1) is 0 Å². The van der Waals surface area contributed by atoms with Gasteiger partial charge >= 0.3 is 6.03 Å². The summed E-state index contributed by atoms with van der Waals surface area (Å²) in [6.45, 7) is 5.52. The number of urea groups is 1. The molecule has 4 N–H and O–H groups in total. The van der Waals surface area contributed by atoms with E-state index in [2.05, 4.69) is 20.8 Å². The molecule has 0 aromatic carbocycles. The molecule has 0 saturated heterocycles. The number of nitrogens with two attached hydrogens (primary N) is 1. The van der Waals surface area contributed by atoms with Crippen LogP contribution < -0.4 is 16.4 Å². The van der Waals surface area contributed by atoms with Crippen LogP contribution in [0.3, 0.4) is 0 Å². The Hall–Kier alpha value is -1.61. The summed E-state index contributed by atoms with van der Waals surface area (Å²) >= 11 is 1.23. The minimum Gasteiger partial charge on any atom is -0.338 e. The lowest BCUT2D eigenvalue weighted by Gasteiger charge is -2.07. The summed E-state index contributed by atoms with van der Waals surface area (Å²) in [5, 5.41) is 13.5. The van der Waals surface area contributed by atoms with Gasteiger partial charge in [-0.2, -0.15) is 0 Å². The smallest absolute Gasteiger partial charge is 0.321 e. The van der Waals surface area contributed by atoms with E-state index < -0.39 is 6.03 Å². The molecule has 8 nitrogen and oxygen atoms in total. The summed E-state index contributed by atoms with van der Waals surface area (Å²) in [7, 11) is 0. The highest BCUT2D eigenvalue weighted by Crippen LogP contribution is 2.16. The fourth-order valence-electron chi connectivity index (χ4n) is 1.61. The van der Waals surface area contributed by atoms with Crippen LogP contribution in [-0.4, -0.2) is 39.0 Å². The van der Waals surface area contributed by atoms with Gasteiger partial charge in [-0.05, 0) is 13.3 Å². The topological polar surface area (TPSA) is 115 Å². The molecule has 0 spiro atoms. The molecule has 0 bridgehead atoms. The van der Waals surface area contributed by atoms with Gasteiger partial charge in [0.15, 0.2) is 5.16 Å². The van der Waals surface area contributed by atoms with Crippen LogP contribution in [0.2, 0.25) is 0 Å². The largest absolute Gasteiger partial charge is 0.338 e. The molecule has 1 rings (SSSR count). The lowest BCUT2D eigenvalue weighted by molar-refractivity contribution is -0.117. The quantitative estimate of drug-likeness (QED) is 0.475. The predicted molar refractivity (Wildman–Crippen MR) is 80.8 cm³/mol. The van der Waals surface area contributed by atoms with E-state index in [1.54, 1.807) is 0 Å². The van der Waals surface area contributed by atoms with Crippen molar-refractivity contribution in [1.82, 2.24) is 25.4 Å². The first-order chi connectivity index (χ1) is 10.1. The van der Waals surface area contributed by atoms with E-state index in [9.17, 15) is 9.59 Å². The summed E-state index contributed by atoms with van der Waals surface area (Å²) in [5.74, 6) is 0.413. The van der Waals surface area contributed by atoms with Gasteiger partial charge in [-0.15, -0.1) is 10.2 Å². The highest BCUT2D eigenvalue weighted by Gasteiger charge is 2.13. The maximum absolute atomic E-state index is 11.7. The number of rotatable bonds is 8. The van der Waals surface area contributed by atoms with Crippen molar-refractivity contribution < 1.29 is 9.59 Å². The molecule has 9 heteroatoms. The van der Waals surface area contributed by atoms with Gasteiger partial charge in [0, 0.05) is 13.1 Å². The number of thioether (sulfide) groups is 1. The summed E-state index contributed by atoms with van der Waals surface area (Å²) in [6.07, 6.45) is 1.87.